The van der Waals surface area contributed by atoms with Gasteiger partial charge in [0.25, 0.3) is 5.91 Å². The lowest BCUT2D eigenvalue weighted by Crippen LogP contribution is -2.26. The molecule has 1 atom stereocenters. The van der Waals surface area contributed by atoms with Gasteiger partial charge in [0.15, 0.2) is 11.5 Å². The molecule has 29 heavy (non-hydrogen) atoms. The number of benzene rings is 2. The fraction of sp³-hybridized carbons (Fsp3) is 0.250. The lowest BCUT2D eigenvalue weighted by Gasteiger charge is -2.21. The largest absolute Gasteiger partial charge is 0.493 e. The number of esters is 1. The number of fused-ring (bicyclic) bond motifs is 1. The van der Waals surface area contributed by atoms with Gasteiger partial charge >= 0.3 is 5.97 Å². The molecule has 2 amide bonds. The minimum Gasteiger partial charge on any atom is -0.493 e. The summed E-state index contributed by atoms with van der Waals surface area (Å²) < 4.78 is 15.3. The molecule has 1 heterocycles. The second kappa shape index (κ2) is 8.44. The van der Waals surface area contributed by atoms with Gasteiger partial charge in [0.05, 0.1) is 43.5 Å². The molecule has 0 bridgehead atoms. The zero-order valence-electron chi connectivity index (χ0n) is 16.3. The van der Waals surface area contributed by atoms with E-state index in [9.17, 15) is 14.4 Å². The van der Waals surface area contributed by atoms with Crippen molar-refractivity contribution in [3.05, 3.63) is 41.5 Å². The van der Waals surface area contributed by atoms with Gasteiger partial charge in [-0.1, -0.05) is 0 Å². The van der Waals surface area contributed by atoms with Gasteiger partial charge in [-0.25, -0.2) is 4.79 Å². The van der Waals surface area contributed by atoms with E-state index in [4.69, 9.17) is 14.2 Å². The number of hydrogen-bond acceptors (Lipinski definition) is 7. The standard InChI is InChI=1S/C20H20N2O6S/c1-10-18(23)22-14-7-11(5-6-17(14)29-10)19(24)21-13-9-16(27-3)15(26-2)8-12(13)20(25)28-4/h5-10H,1-4H3,(H,21,24)(H,22,23)/t10-/m1/s1. The van der Waals surface area contributed by atoms with E-state index >= 15 is 0 Å². The van der Waals surface area contributed by atoms with Gasteiger partial charge in [-0.3, -0.25) is 9.59 Å². The van der Waals surface area contributed by atoms with Crippen LogP contribution in [0.25, 0.3) is 0 Å². The molecule has 9 heteroatoms. The Labute approximate surface area is 171 Å². The van der Waals surface area contributed by atoms with E-state index in [2.05, 4.69) is 10.6 Å². The van der Waals surface area contributed by atoms with Crippen LogP contribution in [0.1, 0.15) is 27.6 Å². The average Bonchev–Trinajstić information content (AvgIpc) is 2.73. The molecule has 0 saturated carbocycles. The summed E-state index contributed by atoms with van der Waals surface area (Å²) >= 11 is 1.43. The third-order valence-electron chi connectivity index (χ3n) is 4.35. The van der Waals surface area contributed by atoms with E-state index in [0.717, 1.165) is 4.90 Å². The van der Waals surface area contributed by atoms with Crippen LogP contribution in [0.4, 0.5) is 11.4 Å². The van der Waals surface area contributed by atoms with Crippen molar-refractivity contribution in [2.45, 2.75) is 17.1 Å². The number of carbonyl (C=O) groups excluding carboxylic acids is 3. The van der Waals surface area contributed by atoms with E-state index in [0.29, 0.717) is 22.7 Å². The number of thioether (sulfide) groups is 1. The molecule has 1 aliphatic rings. The van der Waals surface area contributed by atoms with E-state index in [1.165, 1.54) is 45.2 Å². The Morgan fingerprint density at radius 3 is 2.41 bits per heavy atom. The smallest absolute Gasteiger partial charge is 0.340 e. The normalized spacial score (nSPS) is 15.0. The molecule has 152 valence electrons. The van der Waals surface area contributed by atoms with E-state index < -0.39 is 11.9 Å². The average molecular weight is 416 g/mol. The van der Waals surface area contributed by atoms with Crippen LogP contribution >= 0.6 is 11.8 Å². The van der Waals surface area contributed by atoms with Crippen molar-refractivity contribution < 1.29 is 28.6 Å². The van der Waals surface area contributed by atoms with Gasteiger partial charge in [-0.05, 0) is 25.1 Å². The zero-order valence-corrected chi connectivity index (χ0v) is 17.1. The number of methoxy groups -OCH3 is 3. The first-order valence-electron chi connectivity index (χ1n) is 8.65. The minimum atomic E-state index is -0.635. The lowest BCUT2D eigenvalue weighted by atomic mass is 10.1. The fourth-order valence-electron chi connectivity index (χ4n) is 2.81. The Balaban J connectivity index is 1.93. The Bertz CT molecular complexity index is 991. The quantitative estimate of drug-likeness (QED) is 0.722. The maximum Gasteiger partial charge on any atom is 0.340 e. The van der Waals surface area contributed by atoms with Gasteiger partial charge in [0.2, 0.25) is 5.91 Å². The summed E-state index contributed by atoms with van der Waals surface area (Å²) in [6, 6.07) is 7.96. The Kier molecular flexibility index (Phi) is 5.97. The molecule has 0 saturated heterocycles. The molecule has 3 rings (SSSR count). The second-order valence-electron chi connectivity index (χ2n) is 6.16. The monoisotopic (exact) mass is 416 g/mol. The molecule has 0 unspecified atom stereocenters. The summed E-state index contributed by atoms with van der Waals surface area (Å²) in [7, 11) is 4.14. The highest BCUT2D eigenvalue weighted by molar-refractivity contribution is 8.00. The van der Waals surface area contributed by atoms with Gasteiger partial charge < -0.3 is 24.8 Å². The SMILES string of the molecule is COC(=O)c1cc(OC)c(OC)cc1NC(=O)c1ccc2c(c1)NC(=O)[C@@H](C)S2. The number of carbonyl (C=O) groups is 3. The Morgan fingerprint density at radius 1 is 1.07 bits per heavy atom. The predicted molar refractivity (Wildman–Crippen MR) is 109 cm³/mol. The van der Waals surface area contributed by atoms with Crippen molar-refractivity contribution in [2.75, 3.05) is 32.0 Å². The first-order chi connectivity index (χ1) is 13.9. The molecule has 2 aromatic carbocycles. The molecule has 0 spiro atoms. The van der Waals surface area contributed by atoms with E-state index in [-0.39, 0.29) is 22.4 Å². The Hall–Kier alpha value is -3.20. The van der Waals surface area contributed by atoms with Crippen molar-refractivity contribution in [1.82, 2.24) is 0 Å². The number of hydrogen-bond donors (Lipinski definition) is 2. The zero-order chi connectivity index (χ0) is 21.1. The Morgan fingerprint density at radius 2 is 1.76 bits per heavy atom. The van der Waals surface area contributed by atoms with Gasteiger partial charge in [-0.15, -0.1) is 11.8 Å². The van der Waals surface area contributed by atoms with Crippen molar-refractivity contribution in [3.63, 3.8) is 0 Å². The van der Waals surface area contributed by atoms with Crippen LogP contribution in [0.2, 0.25) is 0 Å². The van der Waals surface area contributed by atoms with Crippen LogP contribution in [0.3, 0.4) is 0 Å². The summed E-state index contributed by atoms with van der Waals surface area (Å²) in [5, 5.41) is 5.29. The summed E-state index contributed by atoms with van der Waals surface area (Å²) in [6.07, 6.45) is 0. The van der Waals surface area contributed by atoms with Crippen molar-refractivity contribution in [1.29, 1.82) is 0 Å². The first kappa shape index (κ1) is 20.5. The number of ether oxygens (including phenoxy) is 3. The summed E-state index contributed by atoms with van der Waals surface area (Å²) in [4.78, 5) is 37.8. The molecule has 0 aromatic heterocycles. The third kappa shape index (κ3) is 4.14. The topological polar surface area (TPSA) is 103 Å². The lowest BCUT2D eigenvalue weighted by molar-refractivity contribution is -0.115. The number of rotatable bonds is 5. The first-order valence-corrected chi connectivity index (χ1v) is 9.53. The van der Waals surface area contributed by atoms with Crippen LogP contribution < -0.4 is 20.1 Å². The van der Waals surface area contributed by atoms with E-state index in [1.54, 1.807) is 18.2 Å². The van der Waals surface area contributed by atoms with Crippen LogP contribution in [0.15, 0.2) is 35.2 Å². The number of amides is 2. The molecule has 2 N–H and O–H groups in total. The summed E-state index contributed by atoms with van der Waals surface area (Å²) in [6.45, 7) is 1.81. The number of nitrogens with one attached hydrogen (secondary N) is 2. The maximum atomic E-state index is 12.8. The molecule has 0 fully saturated rings. The van der Waals surface area contributed by atoms with Crippen LogP contribution in [0, 0.1) is 0 Å². The molecule has 8 nitrogen and oxygen atoms in total. The minimum absolute atomic E-state index is 0.118. The summed E-state index contributed by atoms with van der Waals surface area (Å²) in [5.74, 6) is -0.535. The predicted octanol–water partition coefficient (Wildman–Crippen LogP) is 3.18. The van der Waals surface area contributed by atoms with Crippen LogP contribution in [0.5, 0.6) is 11.5 Å². The van der Waals surface area contributed by atoms with Crippen LogP contribution in [-0.2, 0) is 9.53 Å². The number of anilines is 2. The van der Waals surface area contributed by atoms with Gasteiger partial charge in [0, 0.05) is 22.6 Å². The van der Waals surface area contributed by atoms with Gasteiger partial charge in [0.1, 0.15) is 0 Å². The van der Waals surface area contributed by atoms with Crippen molar-refractivity contribution in [2.24, 2.45) is 0 Å². The molecular formula is C20H20N2O6S. The maximum absolute atomic E-state index is 12.8. The third-order valence-corrected chi connectivity index (χ3v) is 5.53. The molecule has 1 aliphatic heterocycles. The highest BCUT2D eigenvalue weighted by atomic mass is 32.2. The van der Waals surface area contributed by atoms with Crippen LogP contribution in [-0.4, -0.2) is 44.4 Å². The van der Waals surface area contributed by atoms with E-state index in [1.807, 2.05) is 6.92 Å². The molecule has 2 aromatic rings. The fourth-order valence-corrected chi connectivity index (χ4v) is 3.74. The summed E-state index contributed by atoms with van der Waals surface area (Å²) in [5.41, 5.74) is 1.23. The highest BCUT2D eigenvalue weighted by Crippen LogP contribution is 2.37. The van der Waals surface area contributed by atoms with Gasteiger partial charge in [-0.2, -0.15) is 0 Å². The second-order valence-corrected chi connectivity index (χ2v) is 7.54. The molecule has 0 aliphatic carbocycles. The molecular weight excluding hydrogens is 396 g/mol. The molecule has 0 radical (unpaired) electrons. The van der Waals surface area contributed by atoms with Crippen molar-refractivity contribution in [3.8, 4) is 11.5 Å². The highest BCUT2D eigenvalue weighted by Gasteiger charge is 2.24. The van der Waals surface area contributed by atoms with Crippen molar-refractivity contribution >= 4 is 40.9 Å².